The normalized spacial score (nSPS) is 20.3. The molecule has 1 aliphatic rings. The van der Waals surface area contributed by atoms with Crippen molar-refractivity contribution in [1.29, 1.82) is 0 Å². The highest BCUT2D eigenvalue weighted by atomic mass is 16.1. The first-order valence-corrected chi connectivity index (χ1v) is 7.08. The van der Waals surface area contributed by atoms with Crippen LogP contribution in [0.1, 0.15) is 38.2 Å². The van der Waals surface area contributed by atoms with Crippen molar-refractivity contribution in [3.05, 3.63) is 35.9 Å². The third kappa shape index (κ3) is 3.67. The van der Waals surface area contributed by atoms with Crippen LogP contribution in [0.4, 0.5) is 0 Å². The molecule has 2 nitrogen and oxygen atoms in total. The zero-order chi connectivity index (χ0) is 12.8. The zero-order valence-corrected chi connectivity index (χ0v) is 11.3. The zero-order valence-electron chi connectivity index (χ0n) is 11.3. The van der Waals surface area contributed by atoms with Crippen LogP contribution in [0.25, 0.3) is 0 Å². The minimum atomic E-state index is 0.280. The maximum absolute atomic E-state index is 11.9. The summed E-state index contributed by atoms with van der Waals surface area (Å²) >= 11 is 0. The van der Waals surface area contributed by atoms with Crippen LogP contribution in [0.15, 0.2) is 30.3 Å². The van der Waals surface area contributed by atoms with Gasteiger partial charge in [0.25, 0.3) is 0 Å². The van der Waals surface area contributed by atoms with E-state index in [4.69, 9.17) is 0 Å². The van der Waals surface area contributed by atoms with Crippen molar-refractivity contribution in [1.82, 2.24) is 4.90 Å². The maximum Gasteiger partial charge on any atom is 0.137 e. The Labute approximate surface area is 110 Å². The Morgan fingerprint density at radius 3 is 2.67 bits per heavy atom. The lowest BCUT2D eigenvalue weighted by molar-refractivity contribution is -0.125. The summed E-state index contributed by atoms with van der Waals surface area (Å²) in [5.74, 6) is 0.759. The maximum atomic E-state index is 11.9. The van der Waals surface area contributed by atoms with Gasteiger partial charge in [-0.15, -0.1) is 0 Å². The molecule has 0 spiro atoms. The van der Waals surface area contributed by atoms with Crippen LogP contribution in [0.2, 0.25) is 0 Å². The molecule has 0 aromatic heterocycles. The molecular formula is C16H23NO. The quantitative estimate of drug-likeness (QED) is 0.793. The van der Waals surface area contributed by atoms with Crippen LogP contribution in [-0.2, 0) is 11.3 Å². The molecule has 0 saturated heterocycles. The standard InChI is InChI=1S/C16H23NO/c1-2-17(12-14-8-4-3-5-9-14)13-15-10-6-7-11-16(15)18/h3-5,8-9,15H,2,6-7,10-13H2,1H3. The lowest BCUT2D eigenvalue weighted by Gasteiger charge is -2.28. The average Bonchev–Trinajstić information content (AvgIpc) is 2.41. The number of Topliss-reactive ketones (excluding diaryl/α,β-unsaturated/α-hetero) is 1. The fraction of sp³-hybridized carbons (Fsp3) is 0.562. The first-order chi connectivity index (χ1) is 8.79. The Morgan fingerprint density at radius 1 is 1.22 bits per heavy atom. The molecule has 0 N–H and O–H groups in total. The van der Waals surface area contributed by atoms with E-state index in [1.54, 1.807) is 0 Å². The van der Waals surface area contributed by atoms with Crippen molar-refractivity contribution < 1.29 is 4.79 Å². The molecule has 1 aromatic carbocycles. The number of nitrogens with zero attached hydrogens (tertiary/aromatic N) is 1. The van der Waals surface area contributed by atoms with Crippen LogP contribution in [0.5, 0.6) is 0 Å². The topological polar surface area (TPSA) is 20.3 Å². The van der Waals surface area contributed by atoms with Crippen LogP contribution in [0.3, 0.4) is 0 Å². The van der Waals surface area contributed by atoms with Gasteiger partial charge in [0.2, 0.25) is 0 Å². The molecule has 2 heteroatoms. The van der Waals surface area contributed by atoms with Crippen LogP contribution < -0.4 is 0 Å². The van der Waals surface area contributed by atoms with Crippen molar-refractivity contribution in [3.8, 4) is 0 Å². The SMILES string of the molecule is CCN(Cc1ccccc1)CC1CCCCC1=O. The third-order valence-corrected chi connectivity index (χ3v) is 3.86. The summed E-state index contributed by atoms with van der Waals surface area (Å²) < 4.78 is 0. The molecule has 98 valence electrons. The minimum absolute atomic E-state index is 0.280. The molecule has 1 saturated carbocycles. The van der Waals surface area contributed by atoms with Gasteiger partial charge in [0, 0.05) is 25.4 Å². The second kappa shape index (κ2) is 6.69. The number of carbonyl (C=O) groups excluding carboxylic acids is 1. The van der Waals surface area contributed by atoms with Gasteiger partial charge in [-0.3, -0.25) is 9.69 Å². The van der Waals surface area contributed by atoms with E-state index in [0.717, 1.165) is 38.9 Å². The molecule has 0 aliphatic heterocycles. The Hall–Kier alpha value is -1.15. The van der Waals surface area contributed by atoms with E-state index in [-0.39, 0.29) is 5.92 Å². The Balaban J connectivity index is 1.90. The van der Waals surface area contributed by atoms with Gasteiger partial charge in [-0.1, -0.05) is 43.7 Å². The first kappa shape index (κ1) is 13.3. The summed E-state index contributed by atoms with van der Waals surface area (Å²) in [7, 11) is 0. The third-order valence-electron chi connectivity index (χ3n) is 3.86. The monoisotopic (exact) mass is 245 g/mol. The summed E-state index contributed by atoms with van der Waals surface area (Å²) in [5, 5.41) is 0. The van der Waals surface area contributed by atoms with Crippen LogP contribution in [-0.4, -0.2) is 23.8 Å². The number of ketones is 1. The van der Waals surface area contributed by atoms with Crippen LogP contribution in [0, 0.1) is 5.92 Å². The van der Waals surface area contributed by atoms with Gasteiger partial charge < -0.3 is 0 Å². The van der Waals surface area contributed by atoms with Crippen LogP contribution >= 0.6 is 0 Å². The van der Waals surface area contributed by atoms with E-state index in [9.17, 15) is 4.79 Å². The summed E-state index contributed by atoms with van der Waals surface area (Å²) in [6.07, 6.45) is 4.21. The fourth-order valence-electron chi connectivity index (χ4n) is 2.71. The van der Waals surface area contributed by atoms with Gasteiger partial charge in [-0.25, -0.2) is 0 Å². The molecule has 1 aromatic rings. The van der Waals surface area contributed by atoms with Crippen molar-refractivity contribution in [2.24, 2.45) is 5.92 Å². The van der Waals surface area contributed by atoms with Crippen molar-refractivity contribution in [2.45, 2.75) is 39.2 Å². The second-order valence-electron chi connectivity index (χ2n) is 5.22. The molecule has 1 aliphatic carbocycles. The van der Waals surface area contributed by atoms with Crippen molar-refractivity contribution >= 4 is 5.78 Å². The van der Waals surface area contributed by atoms with Crippen molar-refractivity contribution in [2.75, 3.05) is 13.1 Å². The minimum Gasteiger partial charge on any atom is -0.299 e. The van der Waals surface area contributed by atoms with E-state index in [0.29, 0.717) is 5.78 Å². The van der Waals surface area contributed by atoms with Gasteiger partial charge in [0.05, 0.1) is 0 Å². The Morgan fingerprint density at radius 2 is 2.00 bits per heavy atom. The molecule has 18 heavy (non-hydrogen) atoms. The summed E-state index contributed by atoms with van der Waals surface area (Å²) in [6.45, 7) is 5.08. The van der Waals surface area contributed by atoms with E-state index in [1.165, 1.54) is 12.0 Å². The molecule has 0 radical (unpaired) electrons. The molecule has 0 bridgehead atoms. The Kier molecular flexibility index (Phi) is 4.94. The molecule has 1 atom stereocenters. The molecular weight excluding hydrogens is 222 g/mol. The van der Waals surface area contributed by atoms with Gasteiger partial charge in [0.15, 0.2) is 0 Å². The number of rotatable bonds is 5. The van der Waals surface area contributed by atoms with Crippen molar-refractivity contribution in [3.63, 3.8) is 0 Å². The predicted octanol–water partition coefficient (Wildman–Crippen LogP) is 3.27. The summed E-state index contributed by atoms with van der Waals surface area (Å²) in [4.78, 5) is 14.3. The number of benzene rings is 1. The number of hydrogen-bond donors (Lipinski definition) is 0. The largest absolute Gasteiger partial charge is 0.299 e. The van der Waals surface area contributed by atoms with E-state index in [2.05, 4.69) is 36.1 Å². The fourth-order valence-corrected chi connectivity index (χ4v) is 2.71. The van der Waals surface area contributed by atoms with E-state index < -0.39 is 0 Å². The number of carbonyl (C=O) groups is 1. The Bertz CT molecular complexity index is 374. The lowest BCUT2D eigenvalue weighted by Crippen LogP contribution is -2.34. The summed E-state index contributed by atoms with van der Waals surface area (Å²) in [5.41, 5.74) is 1.34. The van der Waals surface area contributed by atoms with E-state index in [1.807, 2.05) is 6.07 Å². The first-order valence-electron chi connectivity index (χ1n) is 7.08. The molecule has 1 unspecified atom stereocenters. The molecule has 2 rings (SSSR count). The summed E-state index contributed by atoms with van der Waals surface area (Å²) in [6, 6.07) is 10.5. The highest BCUT2D eigenvalue weighted by molar-refractivity contribution is 5.81. The second-order valence-corrected chi connectivity index (χ2v) is 5.22. The van der Waals surface area contributed by atoms with Gasteiger partial charge in [-0.05, 0) is 24.9 Å². The molecule has 0 amide bonds. The van der Waals surface area contributed by atoms with E-state index >= 15 is 0 Å². The van der Waals surface area contributed by atoms with Gasteiger partial charge >= 0.3 is 0 Å². The predicted molar refractivity (Wildman–Crippen MR) is 74.4 cm³/mol. The van der Waals surface area contributed by atoms with Gasteiger partial charge in [-0.2, -0.15) is 0 Å². The molecule has 0 heterocycles. The lowest BCUT2D eigenvalue weighted by atomic mass is 9.87. The average molecular weight is 245 g/mol. The van der Waals surface area contributed by atoms with Gasteiger partial charge in [0.1, 0.15) is 5.78 Å². The highest BCUT2D eigenvalue weighted by Gasteiger charge is 2.23. The highest BCUT2D eigenvalue weighted by Crippen LogP contribution is 2.22. The number of hydrogen-bond acceptors (Lipinski definition) is 2. The molecule has 1 fully saturated rings. The smallest absolute Gasteiger partial charge is 0.137 e.